The number of carbonyl (C=O) groups is 1. The van der Waals surface area contributed by atoms with Crippen LogP contribution in [-0.4, -0.2) is 42.6 Å². The van der Waals surface area contributed by atoms with Gasteiger partial charge in [0, 0.05) is 20.1 Å². The van der Waals surface area contributed by atoms with Gasteiger partial charge in [0.05, 0.1) is 24.3 Å². The van der Waals surface area contributed by atoms with Gasteiger partial charge in [0.25, 0.3) is 0 Å². The van der Waals surface area contributed by atoms with E-state index >= 15 is 0 Å². The highest BCUT2D eigenvalue weighted by Gasteiger charge is 2.10. The summed E-state index contributed by atoms with van der Waals surface area (Å²) in [6.07, 6.45) is -0.688. The van der Waals surface area contributed by atoms with Crippen molar-refractivity contribution in [2.45, 2.75) is 13.0 Å². The minimum atomic E-state index is -0.688. The first kappa shape index (κ1) is 15.2. The van der Waals surface area contributed by atoms with E-state index in [1.807, 2.05) is 13.0 Å². The predicted molar refractivity (Wildman–Crippen MR) is 72.3 cm³/mol. The van der Waals surface area contributed by atoms with Crippen LogP contribution in [0.3, 0.4) is 0 Å². The van der Waals surface area contributed by atoms with Gasteiger partial charge in [0.15, 0.2) is 0 Å². The fourth-order valence-electron chi connectivity index (χ4n) is 1.52. The lowest BCUT2D eigenvalue weighted by atomic mass is 10.1. The quantitative estimate of drug-likeness (QED) is 0.788. The maximum absolute atomic E-state index is 11.5. The highest BCUT2D eigenvalue weighted by molar-refractivity contribution is 5.77. The van der Waals surface area contributed by atoms with E-state index in [0.717, 1.165) is 5.56 Å². The summed E-state index contributed by atoms with van der Waals surface area (Å²) in [7, 11) is 1.74. The molecule has 1 amide bonds. The van der Waals surface area contributed by atoms with Gasteiger partial charge >= 0.3 is 0 Å². The molecule has 0 spiro atoms. The molecule has 19 heavy (non-hydrogen) atoms. The molecule has 0 aliphatic rings. The Labute approximate surface area is 113 Å². The average molecular weight is 261 g/mol. The zero-order chi connectivity index (χ0) is 14.3. The highest BCUT2D eigenvalue weighted by Crippen LogP contribution is 2.12. The lowest BCUT2D eigenvalue weighted by Gasteiger charge is -2.16. The number of nitriles is 1. The number of hydrogen-bond acceptors (Lipinski definition) is 4. The van der Waals surface area contributed by atoms with Crippen LogP contribution in [0.5, 0.6) is 0 Å². The summed E-state index contributed by atoms with van der Waals surface area (Å²) in [6.45, 7) is 3.08. The molecule has 0 saturated heterocycles. The maximum Gasteiger partial charge on any atom is 0.236 e. The molecule has 1 unspecified atom stereocenters. The van der Waals surface area contributed by atoms with Gasteiger partial charge in [-0.05, 0) is 24.6 Å². The van der Waals surface area contributed by atoms with Gasteiger partial charge in [-0.15, -0.1) is 0 Å². The Morgan fingerprint density at radius 3 is 2.63 bits per heavy atom. The standard InChI is InChI=1S/C14H19N3O2/c1-3-17(2)14(19)10-16-9-13(18)12-6-4-11(8-15)5-7-12/h4-7,13,16,18H,3,9-10H2,1-2H3. The van der Waals surface area contributed by atoms with Crippen LogP contribution in [0, 0.1) is 11.3 Å². The van der Waals surface area contributed by atoms with E-state index in [4.69, 9.17) is 5.26 Å². The number of benzene rings is 1. The largest absolute Gasteiger partial charge is 0.387 e. The minimum Gasteiger partial charge on any atom is -0.387 e. The molecule has 1 aromatic carbocycles. The molecule has 1 atom stereocenters. The number of aliphatic hydroxyl groups excluding tert-OH is 1. The summed E-state index contributed by atoms with van der Waals surface area (Å²) >= 11 is 0. The Hall–Kier alpha value is -1.90. The van der Waals surface area contributed by atoms with E-state index < -0.39 is 6.10 Å². The van der Waals surface area contributed by atoms with Crippen LogP contribution in [-0.2, 0) is 4.79 Å². The zero-order valence-electron chi connectivity index (χ0n) is 11.3. The Balaban J connectivity index is 2.41. The van der Waals surface area contributed by atoms with Crippen molar-refractivity contribution < 1.29 is 9.90 Å². The summed E-state index contributed by atoms with van der Waals surface area (Å²) in [5.74, 6) is -0.00507. The van der Waals surface area contributed by atoms with E-state index in [2.05, 4.69) is 5.32 Å². The molecule has 0 heterocycles. The van der Waals surface area contributed by atoms with Crippen molar-refractivity contribution >= 4 is 5.91 Å². The molecule has 1 aromatic rings. The molecule has 102 valence electrons. The maximum atomic E-state index is 11.5. The number of hydrogen-bond donors (Lipinski definition) is 2. The fourth-order valence-corrected chi connectivity index (χ4v) is 1.52. The van der Waals surface area contributed by atoms with Gasteiger partial charge in [-0.1, -0.05) is 12.1 Å². The van der Waals surface area contributed by atoms with Crippen LogP contribution in [0.15, 0.2) is 24.3 Å². The van der Waals surface area contributed by atoms with E-state index in [9.17, 15) is 9.90 Å². The van der Waals surface area contributed by atoms with E-state index in [-0.39, 0.29) is 12.5 Å². The first-order chi connectivity index (χ1) is 9.08. The Morgan fingerprint density at radius 1 is 1.47 bits per heavy atom. The summed E-state index contributed by atoms with van der Waals surface area (Å²) in [6, 6.07) is 8.77. The van der Waals surface area contributed by atoms with Gasteiger partial charge < -0.3 is 15.3 Å². The number of nitrogens with one attached hydrogen (secondary N) is 1. The van der Waals surface area contributed by atoms with Crippen molar-refractivity contribution in [3.8, 4) is 6.07 Å². The van der Waals surface area contributed by atoms with Crippen LogP contribution in [0.4, 0.5) is 0 Å². The van der Waals surface area contributed by atoms with Crippen LogP contribution in [0.25, 0.3) is 0 Å². The van der Waals surface area contributed by atoms with Crippen molar-refractivity contribution in [2.75, 3.05) is 26.7 Å². The van der Waals surface area contributed by atoms with Gasteiger partial charge in [-0.3, -0.25) is 4.79 Å². The molecule has 0 aliphatic heterocycles. The Morgan fingerprint density at radius 2 is 2.11 bits per heavy atom. The Bertz CT molecular complexity index is 451. The molecular weight excluding hydrogens is 242 g/mol. The molecule has 0 aliphatic carbocycles. The van der Waals surface area contributed by atoms with Crippen LogP contribution in [0.1, 0.15) is 24.2 Å². The fraction of sp³-hybridized carbons (Fsp3) is 0.429. The number of nitrogens with zero attached hydrogens (tertiary/aromatic N) is 2. The molecule has 2 N–H and O–H groups in total. The predicted octanol–water partition coefficient (Wildman–Crippen LogP) is 0.660. The molecule has 0 radical (unpaired) electrons. The number of likely N-dealkylation sites (N-methyl/N-ethyl adjacent to an activating group) is 1. The second-order valence-electron chi connectivity index (χ2n) is 4.29. The summed E-state index contributed by atoms with van der Waals surface area (Å²) in [5, 5.41) is 21.5. The van der Waals surface area contributed by atoms with Crippen molar-refractivity contribution in [3.05, 3.63) is 35.4 Å². The van der Waals surface area contributed by atoms with Crippen LogP contribution >= 0.6 is 0 Å². The molecular formula is C14H19N3O2. The summed E-state index contributed by atoms with van der Waals surface area (Å²) in [4.78, 5) is 13.1. The number of rotatable bonds is 6. The third-order valence-corrected chi connectivity index (χ3v) is 2.94. The third kappa shape index (κ3) is 4.70. The number of aliphatic hydroxyl groups is 1. The monoisotopic (exact) mass is 261 g/mol. The normalized spacial score (nSPS) is 11.7. The second kappa shape index (κ2) is 7.52. The molecule has 5 heteroatoms. The van der Waals surface area contributed by atoms with Gasteiger partial charge in [0.2, 0.25) is 5.91 Å². The molecule has 0 saturated carbocycles. The van der Waals surface area contributed by atoms with E-state index in [1.54, 1.807) is 36.2 Å². The van der Waals surface area contributed by atoms with Crippen molar-refractivity contribution in [1.82, 2.24) is 10.2 Å². The lowest BCUT2D eigenvalue weighted by molar-refractivity contribution is -0.128. The van der Waals surface area contributed by atoms with Crippen molar-refractivity contribution in [1.29, 1.82) is 5.26 Å². The third-order valence-electron chi connectivity index (χ3n) is 2.94. The van der Waals surface area contributed by atoms with E-state index in [0.29, 0.717) is 18.7 Å². The molecule has 0 fully saturated rings. The topological polar surface area (TPSA) is 76.4 Å². The second-order valence-corrected chi connectivity index (χ2v) is 4.29. The summed E-state index contributed by atoms with van der Waals surface area (Å²) < 4.78 is 0. The lowest BCUT2D eigenvalue weighted by Crippen LogP contribution is -2.36. The van der Waals surface area contributed by atoms with Crippen LogP contribution < -0.4 is 5.32 Å². The van der Waals surface area contributed by atoms with E-state index in [1.165, 1.54) is 0 Å². The number of amides is 1. The van der Waals surface area contributed by atoms with Crippen molar-refractivity contribution in [2.24, 2.45) is 0 Å². The zero-order valence-corrected chi connectivity index (χ0v) is 11.3. The first-order valence-corrected chi connectivity index (χ1v) is 6.21. The highest BCUT2D eigenvalue weighted by atomic mass is 16.3. The molecule has 1 rings (SSSR count). The summed E-state index contributed by atoms with van der Waals surface area (Å²) in [5.41, 5.74) is 1.28. The van der Waals surface area contributed by atoms with Gasteiger partial charge in [0.1, 0.15) is 0 Å². The smallest absolute Gasteiger partial charge is 0.236 e. The van der Waals surface area contributed by atoms with Gasteiger partial charge in [-0.2, -0.15) is 5.26 Å². The average Bonchev–Trinajstić information content (AvgIpc) is 2.46. The number of carbonyl (C=O) groups excluding carboxylic acids is 1. The van der Waals surface area contributed by atoms with Crippen molar-refractivity contribution in [3.63, 3.8) is 0 Å². The SMILES string of the molecule is CCN(C)C(=O)CNCC(O)c1ccc(C#N)cc1. The Kier molecular flexibility index (Phi) is 6.00. The molecule has 5 nitrogen and oxygen atoms in total. The minimum absolute atomic E-state index is 0.00507. The van der Waals surface area contributed by atoms with Gasteiger partial charge in [-0.25, -0.2) is 0 Å². The molecule has 0 aromatic heterocycles. The molecule has 0 bridgehead atoms. The van der Waals surface area contributed by atoms with Crippen LogP contribution in [0.2, 0.25) is 0 Å². The first-order valence-electron chi connectivity index (χ1n) is 6.21.